The Hall–Kier alpha value is -2.50. The third-order valence-electron chi connectivity index (χ3n) is 2.65. The van der Waals surface area contributed by atoms with Crippen LogP contribution >= 0.6 is 0 Å². The molecule has 6 heteroatoms. The SMILES string of the molecule is Cc1cccc(Nc2ncc(C(=O)O)c(C)n2)c1F. The average molecular weight is 261 g/mol. The second kappa shape index (κ2) is 5.01. The van der Waals surface area contributed by atoms with Crippen molar-refractivity contribution >= 4 is 17.6 Å². The molecule has 98 valence electrons. The normalized spacial score (nSPS) is 10.3. The minimum absolute atomic E-state index is 0.0234. The Bertz CT molecular complexity index is 644. The quantitative estimate of drug-likeness (QED) is 0.888. The van der Waals surface area contributed by atoms with Crippen LogP contribution in [0.1, 0.15) is 21.6 Å². The first-order valence-corrected chi connectivity index (χ1v) is 5.58. The fourth-order valence-corrected chi connectivity index (χ4v) is 1.60. The molecule has 0 fully saturated rings. The van der Waals surface area contributed by atoms with Gasteiger partial charge in [-0.3, -0.25) is 0 Å². The molecule has 0 saturated heterocycles. The molecule has 2 aromatic rings. The number of aromatic nitrogens is 2. The fraction of sp³-hybridized carbons (Fsp3) is 0.154. The minimum atomic E-state index is -1.09. The summed E-state index contributed by atoms with van der Waals surface area (Å²) < 4.78 is 13.8. The Morgan fingerprint density at radius 3 is 2.74 bits per heavy atom. The molecular weight excluding hydrogens is 249 g/mol. The largest absolute Gasteiger partial charge is 0.478 e. The predicted octanol–water partition coefficient (Wildman–Crippen LogP) is 2.67. The van der Waals surface area contributed by atoms with Crippen LogP contribution in [-0.2, 0) is 0 Å². The number of halogens is 1. The van der Waals surface area contributed by atoms with E-state index >= 15 is 0 Å². The number of benzene rings is 1. The van der Waals surface area contributed by atoms with Crippen LogP contribution < -0.4 is 5.32 Å². The van der Waals surface area contributed by atoms with Gasteiger partial charge >= 0.3 is 5.97 Å². The zero-order valence-corrected chi connectivity index (χ0v) is 10.4. The third kappa shape index (κ3) is 2.67. The van der Waals surface area contributed by atoms with Crippen LogP contribution in [0.2, 0.25) is 0 Å². The molecule has 0 atom stereocenters. The minimum Gasteiger partial charge on any atom is -0.478 e. The summed E-state index contributed by atoms with van der Waals surface area (Å²) in [5.74, 6) is -1.32. The summed E-state index contributed by atoms with van der Waals surface area (Å²) in [7, 11) is 0. The number of carboxylic acids is 1. The summed E-state index contributed by atoms with van der Waals surface area (Å²) in [6.45, 7) is 3.21. The van der Waals surface area contributed by atoms with E-state index in [1.807, 2.05) is 0 Å². The Kier molecular flexibility index (Phi) is 3.41. The van der Waals surface area contributed by atoms with E-state index in [9.17, 15) is 9.18 Å². The van der Waals surface area contributed by atoms with Crippen molar-refractivity contribution in [3.63, 3.8) is 0 Å². The maximum atomic E-state index is 13.8. The van der Waals surface area contributed by atoms with Crippen LogP contribution in [-0.4, -0.2) is 21.0 Å². The molecule has 1 aromatic heterocycles. The molecule has 5 nitrogen and oxygen atoms in total. The van der Waals surface area contributed by atoms with E-state index in [-0.39, 0.29) is 23.0 Å². The number of aryl methyl sites for hydroxylation is 2. The Balaban J connectivity index is 2.32. The van der Waals surface area contributed by atoms with E-state index in [0.717, 1.165) is 0 Å². The molecule has 0 saturated carbocycles. The molecule has 2 rings (SSSR count). The van der Waals surface area contributed by atoms with Gasteiger partial charge in [-0.1, -0.05) is 12.1 Å². The van der Waals surface area contributed by atoms with E-state index in [4.69, 9.17) is 5.11 Å². The highest BCUT2D eigenvalue weighted by atomic mass is 19.1. The Morgan fingerprint density at radius 2 is 2.11 bits per heavy atom. The van der Waals surface area contributed by atoms with Gasteiger partial charge in [0.25, 0.3) is 0 Å². The molecule has 0 amide bonds. The van der Waals surface area contributed by atoms with Gasteiger partial charge in [-0.05, 0) is 25.5 Å². The molecule has 2 N–H and O–H groups in total. The van der Waals surface area contributed by atoms with Gasteiger partial charge in [0, 0.05) is 6.20 Å². The van der Waals surface area contributed by atoms with Crippen molar-refractivity contribution in [3.05, 3.63) is 47.0 Å². The van der Waals surface area contributed by atoms with Gasteiger partial charge in [-0.25, -0.2) is 19.2 Å². The number of aromatic carboxylic acids is 1. The van der Waals surface area contributed by atoms with Gasteiger partial charge in [0.15, 0.2) is 0 Å². The standard InChI is InChI=1S/C13H12FN3O2/c1-7-4-3-5-10(11(7)14)17-13-15-6-9(12(18)19)8(2)16-13/h3-6H,1-2H3,(H,18,19)(H,15,16,17). The zero-order chi connectivity index (χ0) is 14.0. The number of nitrogens with zero attached hydrogens (tertiary/aromatic N) is 2. The van der Waals surface area contributed by atoms with Crippen LogP contribution in [0.15, 0.2) is 24.4 Å². The lowest BCUT2D eigenvalue weighted by Gasteiger charge is -2.08. The van der Waals surface area contributed by atoms with E-state index in [1.54, 1.807) is 32.0 Å². The molecule has 0 aliphatic heterocycles. The van der Waals surface area contributed by atoms with Crippen molar-refractivity contribution in [1.29, 1.82) is 0 Å². The summed E-state index contributed by atoms with van der Waals surface area (Å²) in [4.78, 5) is 18.7. The van der Waals surface area contributed by atoms with Gasteiger partial charge in [0.1, 0.15) is 5.82 Å². The molecular formula is C13H12FN3O2. The highest BCUT2D eigenvalue weighted by molar-refractivity contribution is 5.88. The summed E-state index contributed by atoms with van der Waals surface area (Å²) in [5.41, 5.74) is 1.10. The van der Waals surface area contributed by atoms with E-state index in [0.29, 0.717) is 11.3 Å². The molecule has 19 heavy (non-hydrogen) atoms. The molecule has 0 spiro atoms. The zero-order valence-electron chi connectivity index (χ0n) is 10.4. The summed E-state index contributed by atoms with van der Waals surface area (Å²) in [6.07, 6.45) is 1.20. The average Bonchev–Trinajstić information content (AvgIpc) is 2.34. The van der Waals surface area contributed by atoms with Gasteiger partial charge in [0.2, 0.25) is 5.95 Å². The van der Waals surface area contributed by atoms with Crippen LogP contribution in [0, 0.1) is 19.7 Å². The summed E-state index contributed by atoms with van der Waals surface area (Å²) in [6, 6.07) is 4.92. The number of carboxylic acid groups (broad SMARTS) is 1. The van der Waals surface area contributed by atoms with Crippen molar-refractivity contribution in [2.75, 3.05) is 5.32 Å². The van der Waals surface area contributed by atoms with Crippen LogP contribution in [0.5, 0.6) is 0 Å². The Labute approximate surface area is 109 Å². The number of nitrogens with one attached hydrogen (secondary N) is 1. The molecule has 0 aliphatic carbocycles. The molecule has 1 heterocycles. The maximum absolute atomic E-state index is 13.8. The monoisotopic (exact) mass is 261 g/mol. The van der Waals surface area contributed by atoms with Gasteiger partial charge in [-0.2, -0.15) is 0 Å². The lowest BCUT2D eigenvalue weighted by atomic mass is 10.2. The molecule has 1 aromatic carbocycles. The van der Waals surface area contributed by atoms with E-state index < -0.39 is 5.97 Å². The number of hydrogen-bond donors (Lipinski definition) is 2. The highest BCUT2D eigenvalue weighted by Crippen LogP contribution is 2.20. The number of carbonyl (C=O) groups is 1. The lowest BCUT2D eigenvalue weighted by Crippen LogP contribution is -2.06. The first-order chi connectivity index (χ1) is 8.99. The van der Waals surface area contributed by atoms with Crippen molar-refractivity contribution in [2.24, 2.45) is 0 Å². The van der Waals surface area contributed by atoms with Gasteiger partial charge in [0.05, 0.1) is 16.9 Å². The molecule has 0 bridgehead atoms. The smallest absolute Gasteiger partial charge is 0.339 e. The van der Waals surface area contributed by atoms with Gasteiger partial charge < -0.3 is 10.4 Å². The summed E-state index contributed by atoms with van der Waals surface area (Å²) in [5, 5.41) is 11.6. The third-order valence-corrected chi connectivity index (χ3v) is 2.65. The van der Waals surface area contributed by atoms with E-state index in [2.05, 4.69) is 15.3 Å². The van der Waals surface area contributed by atoms with Crippen molar-refractivity contribution in [1.82, 2.24) is 9.97 Å². The number of rotatable bonds is 3. The highest BCUT2D eigenvalue weighted by Gasteiger charge is 2.11. The lowest BCUT2D eigenvalue weighted by molar-refractivity contribution is 0.0695. The van der Waals surface area contributed by atoms with Crippen molar-refractivity contribution in [3.8, 4) is 0 Å². The first-order valence-electron chi connectivity index (χ1n) is 5.58. The maximum Gasteiger partial charge on any atom is 0.339 e. The number of hydrogen-bond acceptors (Lipinski definition) is 4. The second-order valence-electron chi connectivity index (χ2n) is 4.06. The van der Waals surface area contributed by atoms with Crippen LogP contribution in [0.4, 0.5) is 16.0 Å². The van der Waals surface area contributed by atoms with Crippen molar-refractivity contribution in [2.45, 2.75) is 13.8 Å². The summed E-state index contributed by atoms with van der Waals surface area (Å²) >= 11 is 0. The van der Waals surface area contributed by atoms with Gasteiger partial charge in [-0.15, -0.1) is 0 Å². The molecule has 0 unspecified atom stereocenters. The van der Waals surface area contributed by atoms with E-state index in [1.165, 1.54) is 6.20 Å². The predicted molar refractivity (Wildman–Crippen MR) is 68.1 cm³/mol. The molecule has 0 aliphatic rings. The van der Waals surface area contributed by atoms with Crippen molar-refractivity contribution < 1.29 is 14.3 Å². The molecule has 0 radical (unpaired) electrons. The first kappa shape index (κ1) is 12.9. The fourth-order valence-electron chi connectivity index (χ4n) is 1.60. The number of anilines is 2. The van der Waals surface area contributed by atoms with Crippen LogP contribution in [0.3, 0.4) is 0 Å². The van der Waals surface area contributed by atoms with Crippen LogP contribution in [0.25, 0.3) is 0 Å². The second-order valence-corrected chi connectivity index (χ2v) is 4.06. The topological polar surface area (TPSA) is 75.1 Å². The Morgan fingerprint density at radius 1 is 1.37 bits per heavy atom.